The second-order valence-corrected chi connectivity index (χ2v) is 9.61. The number of carbonyl (C=O) groups is 2. The average molecular weight is 537 g/mol. The molecule has 2 atom stereocenters. The average Bonchev–Trinajstić information content (AvgIpc) is 3.55. The molecule has 0 spiro atoms. The first kappa shape index (κ1) is 26.7. The molecule has 9 heteroatoms. The zero-order chi connectivity index (χ0) is 28.1. The van der Waals surface area contributed by atoms with Gasteiger partial charge in [-0.1, -0.05) is 37.3 Å². The van der Waals surface area contributed by atoms with Crippen LogP contribution in [0.3, 0.4) is 0 Å². The second kappa shape index (κ2) is 11.9. The molecule has 2 amide bonds. The van der Waals surface area contributed by atoms with Gasteiger partial charge < -0.3 is 10.6 Å². The van der Waals surface area contributed by atoms with Gasteiger partial charge in [-0.2, -0.15) is 5.10 Å². The van der Waals surface area contributed by atoms with Crippen molar-refractivity contribution >= 4 is 28.4 Å². The summed E-state index contributed by atoms with van der Waals surface area (Å²) in [4.78, 5) is 32.8. The zero-order valence-electron chi connectivity index (χ0n) is 22.0. The molecule has 6 rings (SSSR count). The lowest BCUT2D eigenvalue weighted by Gasteiger charge is -2.24. The van der Waals surface area contributed by atoms with E-state index in [4.69, 9.17) is 5.73 Å². The third-order valence-corrected chi connectivity index (χ3v) is 6.99. The van der Waals surface area contributed by atoms with Crippen molar-refractivity contribution in [3.63, 3.8) is 0 Å². The minimum Gasteiger partial charge on any atom is -0.363 e. The van der Waals surface area contributed by atoms with Crippen molar-refractivity contribution in [2.45, 2.75) is 32.2 Å². The van der Waals surface area contributed by atoms with E-state index in [1.807, 2.05) is 41.3 Å². The fourth-order valence-corrected chi connectivity index (χ4v) is 5.05. The molecule has 0 aliphatic carbocycles. The lowest BCUT2D eigenvalue weighted by atomic mass is 9.96. The molecule has 3 aromatic carbocycles. The molecule has 0 unspecified atom stereocenters. The van der Waals surface area contributed by atoms with Crippen LogP contribution in [0.1, 0.15) is 35.9 Å². The Morgan fingerprint density at radius 2 is 1.68 bits per heavy atom. The molecule has 2 aromatic heterocycles. The lowest BCUT2D eigenvalue weighted by Crippen LogP contribution is -2.33. The number of rotatable bonds is 6. The molecule has 0 bridgehead atoms. The molecular weight excluding hydrogens is 507 g/mol. The van der Waals surface area contributed by atoms with Gasteiger partial charge in [0.2, 0.25) is 11.7 Å². The molecule has 1 saturated heterocycles. The number of amides is 2. The summed E-state index contributed by atoms with van der Waals surface area (Å²) < 4.78 is 15.1. The lowest BCUT2D eigenvalue weighted by molar-refractivity contribution is -0.120. The van der Waals surface area contributed by atoms with E-state index in [1.165, 1.54) is 30.1 Å². The number of nitrogens with two attached hydrogens (primary N) is 1. The zero-order valence-corrected chi connectivity index (χ0v) is 22.0. The smallest absolute Gasteiger partial charge is 0.286 e. The van der Waals surface area contributed by atoms with Crippen LogP contribution in [-0.4, -0.2) is 37.6 Å². The number of halogens is 1. The summed E-state index contributed by atoms with van der Waals surface area (Å²) in [5.41, 5.74) is 8.70. The van der Waals surface area contributed by atoms with E-state index in [0.717, 1.165) is 41.5 Å². The quantitative estimate of drug-likeness (QED) is 0.324. The minimum absolute atomic E-state index is 0.00462. The third kappa shape index (κ3) is 5.73. The third-order valence-electron chi connectivity index (χ3n) is 6.99. The SMILES string of the molecule is CC[C@@H]1C[C@H](Cc2ccccc2)C(=O)N1c1ccc2c(cnn2-c2ccc(F)cc2)c1.NC(=O)c1ncccn1. The van der Waals surface area contributed by atoms with E-state index in [0.29, 0.717) is 0 Å². The molecule has 202 valence electrons. The minimum atomic E-state index is -0.601. The van der Waals surface area contributed by atoms with Gasteiger partial charge in [0.05, 0.1) is 17.4 Å². The number of primary amides is 1. The van der Waals surface area contributed by atoms with Crippen molar-refractivity contribution in [3.8, 4) is 5.69 Å². The van der Waals surface area contributed by atoms with E-state index in [9.17, 15) is 14.0 Å². The standard InChI is InChI=1S/C26H24FN3O.C5H5N3O/c1-2-22-15-19(14-18-6-4-3-5-7-18)26(31)29(22)24-12-13-25-20(16-24)17-28-30(25)23-10-8-21(27)9-11-23;6-4(9)5-7-2-1-3-8-5/h3-13,16-17,19,22H,2,14-15H2,1H3;1-3H,(H2,6,9)/t19-,22+;/m0./s1. The van der Waals surface area contributed by atoms with Gasteiger partial charge in [-0.3, -0.25) is 9.59 Å². The monoisotopic (exact) mass is 536 g/mol. The number of carbonyl (C=O) groups excluding carboxylic acids is 2. The maximum atomic E-state index is 13.3. The van der Waals surface area contributed by atoms with Crippen LogP contribution in [0.4, 0.5) is 10.1 Å². The molecule has 1 aliphatic rings. The van der Waals surface area contributed by atoms with E-state index >= 15 is 0 Å². The molecule has 2 N–H and O–H groups in total. The van der Waals surface area contributed by atoms with Crippen molar-refractivity contribution in [2.24, 2.45) is 11.7 Å². The first-order valence-electron chi connectivity index (χ1n) is 13.1. The Morgan fingerprint density at radius 3 is 2.33 bits per heavy atom. The van der Waals surface area contributed by atoms with Crippen molar-refractivity contribution in [2.75, 3.05) is 4.90 Å². The fraction of sp³-hybridized carbons (Fsp3) is 0.194. The van der Waals surface area contributed by atoms with Crippen LogP contribution in [0.15, 0.2) is 97.5 Å². The van der Waals surface area contributed by atoms with Gasteiger partial charge in [-0.05, 0) is 73.4 Å². The summed E-state index contributed by atoms with van der Waals surface area (Å²) in [7, 11) is 0. The first-order chi connectivity index (χ1) is 19.4. The van der Waals surface area contributed by atoms with Crippen LogP contribution in [0.25, 0.3) is 16.6 Å². The van der Waals surface area contributed by atoms with E-state index in [1.54, 1.807) is 29.1 Å². The Balaban J connectivity index is 0.000000306. The van der Waals surface area contributed by atoms with Crippen LogP contribution in [0.2, 0.25) is 0 Å². The molecule has 1 aliphatic heterocycles. The van der Waals surface area contributed by atoms with Crippen LogP contribution in [0.5, 0.6) is 0 Å². The predicted molar refractivity (Wildman–Crippen MR) is 151 cm³/mol. The normalized spacial score (nSPS) is 16.6. The molecular formula is C31H29FN6O2. The summed E-state index contributed by atoms with van der Waals surface area (Å²) >= 11 is 0. The van der Waals surface area contributed by atoms with Crippen molar-refractivity contribution in [3.05, 3.63) is 115 Å². The number of aromatic nitrogens is 4. The highest BCUT2D eigenvalue weighted by Crippen LogP contribution is 2.35. The fourth-order valence-electron chi connectivity index (χ4n) is 5.05. The van der Waals surface area contributed by atoms with Gasteiger partial charge in [0.1, 0.15) is 5.82 Å². The molecule has 0 radical (unpaired) electrons. The van der Waals surface area contributed by atoms with Crippen molar-refractivity contribution in [1.29, 1.82) is 0 Å². The van der Waals surface area contributed by atoms with Crippen LogP contribution >= 0.6 is 0 Å². The van der Waals surface area contributed by atoms with E-state index in [2.05, 4.69) is 34.1 Å². The summed E-state index contributed by atoms with van der Waals surface area (Å²) in [5.74, 6) is -0.621. The summed E-state index contributed by atoms with van der Waals surface area (Å²) in [6, 6.07) is 24.3. The van der Waals surface area contributed by atoms with Crippen LogP contribution in [0, 0.1) is 11.7 Å². The topological polar surface area (TPSA) is 107 Å². The number of benzene rings is 3. The van der Waals surface area contributed by atoms with Gasteiger partial charge in [0, 0.05) is 35.4 Å². The van der Waals surface area contributed by atoms with Crippen molar-refractivity contribution < 1.29 is 14.0 Å². The Morgan fingerprint density at radius 1 is 0.975 bits per heavy atom. The summed E-state index contributed by atoms with van der Waals surface area (Å²) in [6.07, 6.45) is 7.30. The maximum absolute atomic E-state index is 13.3. The second-order valence-electron chi connectivity index (χ2n) is 9.61. The van der Waals surface area contributed by atoms with E-state index in [-0.39, 0.29) is 29.5 Å². The number of anilines is 1. The van der Waals surface area contributed by atoms with Gasteiger partial charge >= 0.3 is 0 Å². The van der Waals surface area contributed by atoms with Gasteiger partial charge in [-0.25, -0.2) is 19.0 Å². The Hall–Kier alpha value is -4.92. The maximum Gasteiger partial charge on any atom is 0.286 e. The molecule has 0 saturated carbocycles. The van der Waals surface area contributed by atoms with E-state index < -0.39 is 5.91 Å². The molecule has 40 heavy (non-hydrogen) atoms. The summed E-state index contributed by atoms with van der Waals surface area (Å²) in [5, 5.41) is 5.44. The van der Waals surface area contributed by atoms with Gasteiger partial charge in [0.25, 0.3) is 5.91 Å². The summed E-state index contributed by atoms with van der Waals surface area (Å²) in [6.45, 7) is 2.14. The van der Waals surface area contributed by atoms with Crippen LogP contribution in [-0.2, 0) is 11.2 Å². The van der Waals surface area contributed by atoms with Gasteiger partial charge in [0.15, 0.2) is 0 Å². The molecule has 1 fully saturated rings. The van der Waals surface area contributed by atoms with Crippen molar-refractivity contribution in [1.82, 2.24) is 19.7 Å². The molecule has 3 heterocycles. The molecule has 5 aromatic rings. The predicted octanol–water partition coefficient (Wildman–Crippen LogP) is 5.11. The number of hydrogen-bond acceptors (Lipinski definition) is 5. The highest BCUT2D eigenvalue weighted by molar-refractivity contribution is 6.00. The highest BCUT2D eigenvalue weighted by Gasteiger charge is 2.39. The molecule has 8 nitrogen and oxygen atoms in total. The van der Waals surface area contributed by atoms with Crippen LogP contribution < -0.4 is 10.6 Å². The number of hydrogen-bond donors (Lipinski definition) is 1. The van der Waals surface area contributed by atoms with Gasteiger partial charge in [-0.15, -0.1) is 0 Å². The highest BCUT2D eigenvalue weighted by atomic mass is 19.1. The number of fused-ring (bicyclic) bond motifs is 1. The first-order valence-corrected chi connectivity index (χ1v) is 13.1. The Labute approximate surface area is 231 Å². The Kier molecular flexibility index (Phi) is 7.91. The largest absolute Gasteiger partial charge is 0.363 e. The number of nitrogens with zero attached hydrogens (tertiary/aromatic N) is 5. The Bertz CT molecular complexity index is 1610.